The topological polar surface area (TPSA) is 29.3 Å². The molecule has 0 fully saturated rings. The summed E-state index contributed by atoms with van der Waals surface area (Å²) >= 11 is 0. The Labute approximate surface area is 74.0 Å². The van der Waals surface area contributed by atoms with E-state index >= 15 is 0 Å². The Hall–Kier alpha value is -1.02. The quantitative estimate of drug-likeness (QED) is 0.640. The second-order valence-corrected chi connectivity index (χ2v) is 2.80. The molecule has 0 aliphatic carbocycles. The fraction of sp³-hybridized carbons (Fsp3) is 0.400. The highest BCUT2D eigenvalue weighted by molar-refractivity contribution is 5.15. The number of hydrogen-bond donors (Lipinski definition) is 1. The highest BCUT2D eigenvalue weighted by Gasteiger charge is 1.93. The normalized spacial score (nSPS) is 15.2. The Kier molecular flexibility index (Phi) is 4.24. The number of unbranched alkanes of at least 4 members (excludes halogenated alkanes) is 1. The second-order valence-electron chi connectivity index (χ2n) is 2.80. The van der Waals surface area contributed by atoms with Crippen LogP contribution in [0.3, 0.4) is 0 Å². The maximum Gasteiger partial charge on any atom is 0.0220 e. The van der Waals surface area contributed by atoms with Gasteiger partial charge < -0.3 is 10.6 Å². The molecule has 1 heterocycles. The number of rotatable bonds is 4. The molecule has 0 saturated carbocycles. The first-order valence-corrected chi connectivity index (χ1v) is 4.41. The Balaban J connectivity index is 2.23. The van der Waals surface area contributed by atoms with Crippen molar-refractivity contribution in [2.75, 3.05) is 13.1 Å². The van der Waals surface area contributed by atoms with Crippen LogP contribution >= 0.6 is 0 Å². The molecule has 0 aromatic rings. The van der Waals surface area contributed by atoms with Crippen LogP contribution in [0.15, 0.2) is 36.7 Å². The first-order chi connectivity index (χ1) is 5.93. The molecule has 0 aromatic heterocycles. The van der Waals surface area contributed by atoms with Crippen LogP contribution < -0.4 is 5.73 Å². The van der Waals surface area contributed by atoms with Crippen LogP contribution in [0.5, 0.6) is 0 Å². The van der Waals surface area contributed by atoms with Crippen molar-refractivity contribution in [3.63, 3.8) is 0 Å². The summed E-state index contributed by atoms with van der Waals surface area (Å²) in [6.45, 7) is 1.85. The van der Waals surface area contributed by atoms with E-state index in [-0.39, 0.29) is 0 Å². The minimum atomic E-state index is 0.791. The molecule has 1 aliphatic heterocycles. The van der Waals surface area contributed by atoms with Crippen LogP contribution in [0.1, 0.15) is 12.8 Å². The maximum absolute atomic E-state index is 5.41. The van der Waals surface area contributed by atoms with Crippen molar-refractivity contribution >= 4 is 0 Å². The van der Waals surface area contributed by atoms with Gasteiger partial charge in [-0.25, -0.2) is 0 Å². The van der Waals surface area contributed by atoms with E-state index in [2.05, 4.69) is 17.3 Å². The van der Waals surface area contributed by atoms with Crippen LogP contribution in [-0.2, 0) is 0 Å². The Morgan fingerprint density at radius 1 is 0.917 bits per heavy atom. The van der Waals surface area contributed by atoms with E-state index in [9.17, 15) is 0 Å². The summed E-state index contributed by atoms with van der Waals surface area (Å²) in [5.41, 5.74) is 5.41. The van der Waals surface area contributed by atoms with E-state index in [1.54, 1.807) is 0 Å². The molecule has 0 spiro atoms. The molecule has 66 valence electrons. The lowest BCUT2D eigenvalue weighted by molar-refractivity contribution is 0.481. The molecule has 1 aliphatic rings. The van der Waals surface area contributed by atoms with E-state index in [0.717, 1.165) is 25.9 Å². The zero-order valence-electron chi connectivity index (χ0n) is 7.32. The monoisotopic (exact) mass is 164 g/mol. The van der Waals surface area contributed by atoms with Gasteiger partial charge in [0.25, 0.3) is 0 Å². The number of nitrogens with zero attached hydrogens (tertiary/aromatic N) is 1. The molecular weight excluding hydrogens is 148 g/mol. The van der Waals surface area contributed by atoms with Crippen LogP contribution in [0.2, 0.25) is 0 Å². The molecule has 0 aromatic carbocycles. The SMILES string of the molecule is NCCCCN1C=CC=CC=C1. The number of allylic oxidation sites excluding steroid dienone is 4. The van der Waals surface area contributed by atoms with E-state index < -0.39 is 0 Å². The number of hydrogen-bond acceptors (Lipinski definition) is 2. The van der Waals surface area contributed by atoms with E-state index in [1.165, 1.54) is 0 Å². The molecule has 0 atom stereocenters. The van der Waals surface area contributed by atoms with E-state index in [4.69, 9.17) is 5.73 Å². The van der Waals surface area contributed by atoms with Crippen LogP contribution in [0.25, 0.3) is 0 Å². The average Bonchev–Trinajstić information content (AvgIpc) is 2.33. The fourth-order valence-electron chi connectivity index (χ4n) is 1.09. The molecule has 12 heavy (non-hydrogen) atoms. The first kappa shape index (κ1) is 9.07. The van der Waals surface area contributed by atoms with Crippen molar-refractivity contribution in [1.82, 2.24) is 4.90 Å². The molecule has 2 nitrogen and oxygen atoms in total. The minimum Gasteiger partial charge on any atom is -0.354 e. The van der Waals surface area contributed by atoms with Gasteiger partial charge in [-0.1, -0.05) is 12.2 Å². The molecule has 0 saturated heterocycles. The van der Waals surface area contributed by atoms with Crippen LogP contribution in [-0.4, -0.2) is 18.0 Å². The number of nitrogens with two attached hydrogens (primary N) is 1. The third kappa shape index (κ3) is 3.39. The lowest BCUT2D eigenvalue weighted by Crippen LogP contribution is -2.12. The van der Waals surface area contributed by atoms with Gasteiger partial charge >= 0.3 is 0 Å². The van der Waals surface area contributed by atoms with Crippen molar-refractivity contribution in [1.29, 1.82) is 0 Å². The van der Waals surface area contributed by atoms with Crippen molar-refractivity contribution in [2.24, 2.45) is 5.73 Å². The predicted molar refractivity (Wildman–Crippen MR) is 52.4 cm³/mol. The predicted octanol–water partition coefficient (Wildman–Crippen LogP) is 1.62. The minimum absolute atomic E-state index is 0.791. The van der Waals surface area contributed by atoms with Gasteiger partial charge in [-0.15, -0.1) is 0 Å². The highest BCUT2D eigenvalue weighted by atomic mass is 15.1. The molecular formula is C10H16N2. The van der Waals surface area contributed by atoms with Gasteiger partial charge in [-0.2, -0.15) is 0 Å². The van der Waals surface area contributed by atoms with Gasteiger partial charge in [0.1, 0.15) is 0 Å². The third-order valence-corrected chi connectivity index (χ3v) is 1.76. The molecule has 0 amide bonds. The smallest absolute Gasteiger partial charge is 0.0220 e. The highest BCUT2D eigenvalue weighted by Crippen LogP contribution is 2.00. The van der Waals surface area contributed by atoms with Crippen molar-refractivity contribution in [3.8, 4) is 0 Å². The third-order valence-electron chi connectivity index (χ3n) is 1.76. The fourth-order valence-corrected chi connectivity index (χ4v) is 1.09. The van der Waals surface area contributed by atoms with E-state index in [0.29, 0.717) is 0 Å². The van der Waals surface area contributed by atoms with Crippen molar-refractivity contribution in [3.05, 3.63) is 36.7 Å². The van der Waals surface area contributed by atoms with Gasteiger partial charge in [0, 0.05) is 18.9 Å². The molecule has 2 N–H and O–H groups in total. The standard InChI is InChI=1S/C10H16N2/c11-7-3-6-10-12-8-4-1-2-5-9-12/h1-2,4-5,8-9H,3,6-7,10-11H2. The van der Waals surface area contributed by atoms with E-state index in [1.807, 2.05) is 24.3 Å². The van der Waals surface area contributed by atoms with Gasteiger partial charge in [0.15, 0.2) is 0 Å². The summed E-state index contributed by atoms with van der Waals surface area (Å²) in [4.78, 5) is 2.18. The zero-order chi connectivity index (χ0) is 8.65. The molecule has 0 unspecified atom stereocenters. The Morgan fingerprint density at radius 3 is 2.17 bits per heavy atom. The summed E-state index contributed by atoms with van der Waals surface area (Å²) in [5, 5.41) is 0. The lowest BCUT2D eigenvalue weighted by Gasteiger charge is -2.13. The van der Waals surface area contributed by atoms with Gasteiger partial charge in [0.2, 0.25) is 0 Å². The van der Waals surface area contributed by atoms with Crippen LogP contribution in [0.4, 0.5) is 0 Å². The van der Waals surface area contributed by atoms with Crippen molar-refractivity contribution in [2.45, 2.75) is 12.8 Å². The van der Waals surface area contributed by atoms with Gasteiger partial charge in [-0.3, -0.25) is 0 Å². The molecule has 0 radical (unpaired) electrons. The largest absolute Gasteiger partial charge is 0.354 e. The van der Waals surface area contributed by atoms with Crippen LogP contribution in [0, 0.1) is 0 Å². The second kappa shape index (κ2) is 5.61. The molecule has 1 rings (SSSR count). The van der Waals surface area contributed by atoms with Gasteiger partial charge in [0.05, 0.1) is 0 Å². The zero-order valence-corrected chi connectivity index (χ0v) is 7.32. The average molecular weight is 164 g/mol. The van der Waals surface area contributed by atoms with Crippen molar-refractivity contribution < 1.29 is 0 Å². The van der Waals surface area contributed by atoms with Gasteiger partial charge in [-0.05, 0) is 31.5 Å². The maximum atomic E-state index is 5.41. The molecule has 2 heteroatoms. The first-order valence-electron chi connectivity index (χ1n) is 4.41. The summed E-state index contributed by atoms with van der Waals surface area (Å²) in [7, 11) is 0. The summed E-state index contributed by atoms with van der Waals surface area (Å²) in [5.74, 6) is 0. The summed E-state index contributed by atoms with van der Waals surface area (Å²) in [6, 6.07) is 0. The molecule has 0 bridgehead atoms. The lowest BCUT2D eigenvalue weighted by atomic mass is 10.3. The Bertz CT molecular complexity index is 176. The summed E-state index contributed by atoms with van der Waals surface area (Å²) < 4.78 is 0. The Morgan fingerprint density at radius 2 is 1.58 bits per heavy atom. The summed E-state index contributed by atoms with van der Waals surface area (Å²) in [6.07, 6.45) is 14.6.